The van der Waals surface area contributed by atoms with Crippen molar-refractivity contribution in [1.82, 2.24) is 0 Å². The monoisotopic (exact) mass is 440 g/mol. The molecule has 0 aromatic rings. The second-order valence-corrected chi connectivity index (χ2v) is 12.6. The maximum atomic E-state index is 10.9. The summed E-state index contributed by atoms with van der Waals surface area (Å²) in [5.74, 6) is 5.02. The Labute approximate surface area is 197 Å². The molecule has 0 saturated heterocycles. The van der Waals surface area contributed by atoms with Gasteiger partial charge in [-0.1, -0.05) is 57.9 Å². The molecule has 8 atom stereocenters. The number of fused-ring (bicyclic) bond motifs is 5. The molecule has 0 N–H and O–H groups in total. The van der Waals surface area contributed by atoms with Crippen LogP contribution in [0.25, 0.3) is 0 Å². The van der Waals surface area contributed by atoms with E-state index in [0.717, 1.165) is 42.4 Å². The lowest BCUT2D eigenvalue weighted by Gasteiger charge is -2.58. The first-order chi connectivity index (χ1) is 15.2. The highest BCUT2D eigenvalue weighted by atomic mass is 16.5. The van der Waals surface area contributed by atoms with Crippen LogP contribution in [0.15, 0.2) is 23.3 Å². The lowest BCUT2D eigenvalue weighted by atomic mass is 9.47. The van der Waals surface area contributed by atoms with Crippen LogP contribution in [0.5, 0.6) is 0 Å². The standard InChI is InChI=1S/C30H48O2/c1-7-22(20(2)3)9-8-21(4)26-12-13-27-25-11-10-23-18-24(32-19-31)14-16-29(23,5)28(25)15-17-30(26,27)6/h7,10,19-21,24-28H,8-9,11-18H2,1-6H3/b22-7+. The Morgan fingerprint density at radius 3 is 2.59 bits per heavy atom. The largest absolute Gasteiger partial charge is 0.464 e. The SMILES string of the molecule is C/C=C(\CCC(C)C1CCC2C3CC=C4CC(OC=O)CCC4(C)C3CCC12C)C(C)C. The minimum atomic E-state index is 0.113. The second kappa shape index (κ2) is 9.30. The zero-order chi connectivity index (χ0) is 23.1. The van der Waals surface area contributed by atoms with Gasteiger partial charge < -0.3 is 4.74 Å². The fourth-order valence-corrected chi connectivity index (χ4v) is 9.16. The highest BCUT2D eigenvalue weighted by Gasteiger charge is 2.59. The van der Waals surface area contributed by atoms with Crippen LogP contribution in [-0.4, -0.2) is 12.6 Å². The van der Waals surface area contributed by atoms with E-state index in [1.54, 1.807) is 11.1 Å². The van der Waals surface area contributed by atoms with E-state index in [2.05, 4.69) is 53.7 Å². The molecular formula is C30H48O2. The molecule has 2 nitrogen and oxygen atoms in total. The Morgan fingerprint density at radius 1 is 1.12 bits per heavy atom. The van der Waals surface area contributed by atoms with Crippen molar-refractivity contribution < 1.29 is 9.53 Å². The zero-order valence-electron chi connectivity index (χ0n) is 21.7. The van der Waals surface area contributed by atoms with Gasteiger partial charge in [-0.15, -0.1) is 0 Å². The van der Waals surface area contributed by atoms with Crippen LogP contribution in [0.3, 0.4) is 0 Å². The molecule has 4 rings (SSSR count). The molecular weight excluding hydrogens is 392 g/mol. The van der Waals surface area contributed by atoms with E-state index in [1.165, 1.54) is 51.4 Å². The van der Waals surface area contributed by atoms with Gasteiger partial charge in [0.2, 0.25) is 0 Å². The van der Waals surface area contributed by atoms with Crippen molar-refractivity contribution in [3.05, 3.63) is 23.3 Å². The van der Waals surface area contributed by atoms with Gasteiger partial charge in [0, 0.05) is 6.42 Å². The second-order valence-electron chi connectivity index (χ2n) is 12.6. The van der Waals surface area contributed by atoms with Gasteiger partial charge in [-0.2, -0.15) is 0 Å². The van der Waals surface area contributed by atoms with Gasteiger partial charge >= 0.3 is 0 Å². The lowest BCUT2D eigenvalue weighted by Crippen LogP contribution is -2.51. The zero-order valence-corrected chi connectivity index (χ0v) is 21.7. The molecule has 0 aliphatic heterocycles. The summed E-state index contributed by atoms with van der Waals surface area (Å²) in [7, 11) is 0. The first-order valence-electron chi connectivity index (χ1n) is 13.7. The first-order valence-corrected chi connectivity index (χ1v) is 13.7. The van der Waals surface area contributed by atoms with Gasteiger partial charge in [-0.25, -0.2) is 0 Å². The summed E-state index contributed by atoms with van der Waals surface area (Å²) in [5, 5.41) is 0. The number of rotatable bonds is 7. The predicted molar refractivity (Wildman–Crippen MR) is 133 cm³/mol. The highest BCUT2D eigenvalue weighted by molar-refractivity contribution is 5.38. The number of carbonyl (C=O) groups excluding carboxylic acids is 1. The van der Waals surface area contributed by atoms with Gasteiger partial charge in [0.1, 0.15) is 6.10 Å². The molecule has 0 spiro atoms. The topological polar surface area (TPSA) is 26.3 Å². The van der Waals surface area contributed by atoms with Crippen molar-refractivity contribution in [2.24, 2.45) is 46.3 Å². The summed E-state index contributed by atoms with van der Waals surface area (Å²) in [6.45, 7) is 15.4. The fourth-order valence-electron chi connectivity index (χ4n) is 9.16. The molecule has 3 fully saturated rings. The quantitative estimate of drug-likeness (QED) is 0.295. The molecule has 0 aromatic heterocycles. The maximum Gasteiger partial charge on any atom is 0.293 e. The molecule has 0 amide bonds. The number of hydrogen-bond acceptors (Lipinski definition) is 2. The van der Waals surface area contributed by atoms with Gasteiger partial charge in [0.05, 0.1) is 0 Å². The molecule has 4 aliphatic carbocycles. The van der Waals surface area contributed by atoms with Crippen molar-refractivity contribution in [2.75, 3.05) is 0 Å². The Bertz CT molecular complexity index is 748. The van der Waals surface area contributed by atoms with E-state index < -0.39 is 0 Å². The van der Waals surface area contributed by atoms with Crippen molar-refractivity contribution >= 4 is 6.47 Å². The smallest absolute Gasteiger partial charge is 0.293 e. The van der Waals surface area contributed by atoms with E-state index in [4.69, 9.17) is 4.74 Å². The normalized spacial score (nSPS) is 42.5. The third kappa shape index (κ3) is 4.03. The van der Waals surface area contributed by atoms with E-state index in [1.807, 2.05) is 0 Å². The van der Waals surface area contributed by atoms with Crippen molar-refractivity contribution in [2.45, 2.75) is 112 Å². The van der Waals surface area contributed by atoms with E-state index in [0.29, 0.717) is 23.2 Å². The van der Waals surface area contributed by atoms with Crippen LogP contribution >= 0.6 is 0 Å². The third-order valence-electron chi connectivity index (χ3n) is 11.1. The minimum absolute atomic E-state index is 0.113. The molecule has 0 bridgehead atoms. The van der Waals surface area contributed by atoms with Crippen LogP contribution in [0.4, 0.5) is 0 Å². The molecule has 180 valence electrons. The van der Waals surface area contributed by atoms with E-state index >= 15 is 0 Å². The van der Waals surface area contributed by atoms with Gasteiger partial charge in [0.25, 0.3) is 6.47 Å². The predicted octanol–water partition coefficient (Wildman–Crippen LogP) is 8.13. The minimum Gasteiger partial charge on any atom is -0.464 e. The van der Waals surface area contributed by atoms with Crippen LogP contribution in [0, 0.1) is 46.3 Å². The number of allylic oxidation sites excluding steroid dienone is 3. The number of carbonyl (C=O) groups is 1. The molecule has 0 heterocycles. The van der Waals surface area contributed by atoms with E-state index in [-0.39, 0.29) is 6.10 Å². The van der Waals surface area contributed by atoms with Crippen LogP contribution < -0.4 is 0 Å². The molecule has 3 saturated carbocycles. The average Bonchev–Trinajstić information content (AvgIpc) is 3.11. The van der Waals surface area contributed by atoms with Gasteiger partial charge in [0.15, 0.2) is 0 Å². The average molecular weight is 441 g/mol. The fraction of sp³-hybridized carbons (Fsp3) is 0.833. The summed E-state index contributed by atoms with van der Waals surface area (Å²) in [4.78, 5) is 10.9. The molecule has 2 heteroatoms. The molecule has 4 aliphatic rings. The molecule has 8 unspecified atom stereocenters. The van der Waals surface area contributed by atoms with Crippen LogP contribution in [0.1, 0.15) is 106 Å². The lowest BCUT2D eigenvalue weighted by molar-refractivity contribution is -0.136. The van der Waals surface area contributed by atoms with Crippen LogP contribution in [0.2, 0.25) is 0 Å². The summed E-state index contributed by atoms with van der Waals surface area (Å²) < 4.78 is 5.38. The van der Waals surface area contributed by atoms with Crippen molar-refractivity contribution in [1.29, 1.82) is 0 Å². The summed E-state index contributed by atoms with van der Waals surface area (Å²) >= 11 is 0. The van der Waals surface area contributed by atoms with Crippen LogP contribution in [-0.2, 0) is 9.53 Å². The van der Waals surface area contributed by atoms with E-state index in [9.17, 15) is 4.79 Å². The summed E-state index contributed by atoms with van der Waals surface area (Å²) in [5.41, 5.74) is 4.13. The third-order valence-corrected chi connectivity index (χ3v) is 11.1. The first kappa shape index (κ1) is 24.1. The van der Waals surface area contributed by atoms with Crippen molar-refractivity contribution in [3.8, 4) is 0 Å². The van der Waals surface area contributed by atoms with Gasteiger partial charge in [-0.05, 0) is 111 Å². The highest BCUT2D eigenvalue weighted by Crippen LogP contribution is 2.67. The van der Waals surface area contributed by atoms with Crippen molar-refractivity contribution in [3.63, 3.8) is 0 Å². The molecule has 32 heavy (non-hydrogen) atoms. The Balaban J connectivity index is 1.47. The summed E-state index contributed by atoms with van der Waals surface area (Å²) in [6, 6.07) is 0. The Hall–Kier alpha value is -1.05. The molecule has 0 aromatic carbocycles. The Kier molecular flexibility index (Phi) is 7.00. The van der Waals surface area contributed by atoms with Gasteiger partial charge in [-0.3, -0.25) is 4.79 Å². The summed E-state index contributed by atoms with van der Waals surface area (Å²) in [6.07, 6.45) is 17.9. The molecule has 0 radical (unpaired) electrons. The number of hydrogen-bond donors (Lipinski definition) is 0. The number of ether oxygens (including phenoxy) is 1. The Morgan fingerprint density at radius 2 is 1.91 bits per heavy atom. The maximum absolute atomic E-state index is 10.9.